The van der Waals surface area contributed by atoms with Crippen LogP contribution in [0.3, 0.4) is 0 Å². The first kappa shape index (κ1) is 13.6. The number of para-hydroxylation sites is 1. The first-order valence-electron chi connectivity index (χ1n) is 7.36. The van der Waals surface area contributed by atoms with E-state index in [0.29, 0.717) is 0 Å². The Morgan fingerprint density at radius 1 is 1.40 bits per heavy atom. The Morgan fingerprint density at radius 3 is 2.90 bits per heavy atom. The zero-order valence-electron chi connectivity index (χ0n) is 12.5. The van der Waals surface area contributed by atoms with Gasteiger partial charge in [0.15, 0.2) is 0 Å². The van der Waals surface area contributed by atoms with Gasteiger partial charge < -0.3 is 10.1 Å². The summed E-state index contributed by atoms with van der Waals surface area (Å²) in [5, 5.41) is 9.19. The van der Waals surface area contributed by atoms with Gasteiger partial charge in [-0.3, -0.25) is 4.68 Å². The summed E-state index contributed by atoms with van der Waals surface area (Å²) in [7, 11) is 1.95. The van der Waals surface area contributed by atoms with Gasteiger partial charge in [-0.15, -0.1) is 0 Å². The van der Waals surface area contributed by atoms with Crippen molar-refractivity contribution in [2.24, 2.45) is 0 Å². The number of aromatic nitrogens is 2. The molecule has 0 bridgehead atoms. The van der Waals surface area contributed by atoms with Crippen molar-refractivity contribution in [1.29, 1.82) is 0 Å². The quantitative estimate of drug-likeness (QED) is 0.931. The third-order valence-corrected chi connectivity index (χ3v) is 4.01. The maximum atomic E-state index is 6.09. The van der Waals surface area contributed by atoms with Gasteiger partial charge in [0, 0.05) is 11.9 Å². The second-order valence-electron chi connectivity index (χ2n) is 6.21. The number of hydrogen-bond donors (Lipinski definition) is 1. The normalized spacial score (nSPS) is 21.6. The van der Waals surface area contributed by atoms with Crippen LogP contribution in [0.25, 0.3) is 10.9 Å². The molecule has 20 heavy (non-hydrogen) atoms. The summed E-state index contributed by atoms with van der Waals surface area (Å²) in [6.45, 7) is 5.97. The molecule has 4 heteroatoms. The molecule has 1 fully saturated rings. The van der Waals surface area contributed by atoms with Crippen LogP contribution in [0, 0.1) is 0 Å². The van der Waals surface area contributed by atoms with Crippen molar-refractivity contribution < 1.29 is 4.74 Å². The zero-order valence-corrected chi connectivity index (χ0v) is 12.5. The number of rotatable bonds is 4. The Bertz CT molecular complexity index is 603. The van der Waals surface area contributed by atoms with Gasteiger partial charge in [0.2, 0.25) is 0 Å². The Labute approximate surface area is 120 Å². The lowest BCUT2D eigenvalue weighted by molar-refractivity contribution is -0.0225. The molecule has 0 saturated carbocycles. The standard InChI is InChI=1S/C16H23N3O/c1-16(2)9-8-12(20-16)11-19-15-7-5-4-6-13(15)14(18-19)10-17-3/h4-7,12,17H,8-11H2,1-3H3. The van der Waals surface area contributed by atoms with Gasteiger partial charge in [0.25, 0.3) is 0 Å². The minimum atomic E-state index is 0.0153. The van der Waals surface area contributed by atoms with Crippen LogP contribution in [0.2, 0.25) is 0 Å². The monoisotopic (exact) mass is 273 g/mol. The molecule has 108 valence electrons. The van der Waals surface area contributed by atoms with Crippen molar-refractivity contribution in [3.05, 3.63) is 30.0 Å². The molecule has 1 aromatic heterocycles. The van der Waals surface area contributed by atoms with E-state index in [-0.39, 0.29) is 11.7 Å². The Morgan fingerprint density at radius 2 is 2.20 bits per heavy atom. The summed E-state index contributed by atoms with van der Waals surface area (Å²) in [4.78, 5) is 0. The molecule has 1 aliphatic heterocycles. The number of nitrogens with one attached hydrogen (secondary N) is 1. The molecule has 1 aromatic carbocycles. The van der Waals surface area contributed by atoms with Gasteiger partial charge in [0.05, 0.1) is 29.5 Å². The van der Waals surface area contributed by atoms with Gasteiger partial charge in [0.1, 0.15) is 0 Å². The summed E-state index contributed by atoms with van der Waals surface area (Å²) in [6.07, 6.45) is 2.51. The van der Waals surface area contributed by atoms with Crippen LogP contribution in [0.15, 0.2) is 24.3 Å². The van der Waals surface area contributed by atoms with Crippen molar-refractivity contribution in [2.45, 2.75) is 51.5 Å². The highest BCUT2D eigenvalue weighted by Gasteiger charge is 2.32. The molecule has 0 radical (unpaired) electrons. The highest BCUT2D eigenvalue weighted by Crippen LogP contribution is 2.30. The molecule has 0 aliphatic carbocycles. The average Bonchev–Trinajstić information content (AvgIpc) is 2.93. The third kappa shape index (κ3) is 2.58. The highest BCUT2D eigenvalue weighted by atomic mass is 16.5. The van der Waals surface area contributed by atoms with Gasteiger partial charge in [-0.05, 0) is 39.8 Å². The lowest BCUT2D eigenvalue weighted by Gasteiger charge is -2.19. The van der Waals surface area contributed by atoms with E-state index in [9.17, 15) is 0 Å². The van der Waals surface area contributed by atoms with E-state index in [1.54, 1.807) is 0 Å². The Hall–Kier alpha value is -1.39. The molecule has 3 rings (SSSR count). The van der Waals surface area contributed by atoms with E-state index in [1.807, 2.05) is 7.05 Å². The maximum absolute atomic E-state index is 6.09. The number of fused-ring (bicyclic) bond motifs is 1. The van der Waals surface area contributed by atoms with Crippen LogP contribution in [0.5, 0.6) is 0 Å². The molecule has 1 N–H and O–H groups in total. The minimum absolute atomic E-state index is 0.0153. The summed E-state index contributed by atoms with van der Waals surface area (Å²) < 4.78 is 8.20. The van der Waals surface area contributed by atoms with Gasteiger partial charge in [-0.25, -0.2) is 0 Å². The molecule has 1 saturated heterocycles. The van der Waals surface area contributed by atoms with Crippen LogP contribution in [-0.2, 0) is 17.8 Å². The van der Waals surface area contributed by atoms with Crippen molar-refractivity contribution in [2.75, 3.05) is 7.05 Å². The lowest BCUT2D eigenvalue weighted by atomic mass is 10.1. The molecular formula is C16H23N3O. The van der Waals surface area contributed by atoms with Gasteiger partial charge in [-0.1, -0.05) is 18.2 Å². The SMILES string of the molecule is CNCc1nn(CC2CCC(C)(C)O2)c2ccccc12. The molecule has 0 amide bonds. The lowest BCUT2D eigenvalue weighted by Crippen LogP contribution is -2.23. The van der Waals surface area contributed by atoms with Gasteiger partial charge in [-0.2, -0.15) is 5.10 Å². The van der Waals surface area contributed by atoms with Gasteiger partial charge >= 0.3 is 0 Å². The van der Waals surface area contributed by atoms with E-state index in [1.165, 1.54) is 10.9 Å². The molecular weight excluding hydrogens is 250 g/mol. The van der Waals surface area contributed by atoms with E-state index < -0.39 is 0 Å². The van der Waals surface area contributed by atoms with E-state index in [2.05, 4.69) is 48.1 Å². The molecule has 2 heterocycles. The predicted octanol–water partition coefficient (Wildman–Crippen LogP) is 2.71. The van der Waals surface area contributed by atoms with Crippen LogP contribution in [-0.4, -0.2) is 28.5 Å². The molecule has 0 spiro atoms. The van der Waals surface area contributed by atoms with Crippen molar-refractivity contribution in [3.8, 4) is 0 Å². The summed E-state index contributed by atoms with van der Waals surface area (Å²) in [5.41, 5.74) is 2.33. The number of benzene rings is 1. The smallest absolute Gasteiger partial charge is 0.0841 e. The van der Waals surface area contributed by atoms with Crippen LogP contribution < -0.4 is 5.32 Å². The number of nitrogens with zero attached hydrogens (tertiary/aromatic N) is 2. The first-order chi connectivity index (χ1) is 9.59. The number of hydrogen-bond acceptors (Lipinski definition) is 3. The fourth-order valence-corrected chi connectivity index (χ4v) is 3.03. The Balaban J connectivity index is 1.88. The van der Waals surface area contributed by atoms with Crippen LogP contribution in [0.4, 0.5) is 0 Å². The minimum Gasteiger partial charge on any atom is -0.370 e. The fourth-order valence-electron chi connectivity index (χ4n) is 3.03. The molecule has 4 nitrogen and oxygen atoms in total. The molecule has 1 unspecified atom stereocenters. The van der Waals surface area contributed by atoms with Crippen molar-refractivity contribution in [1.82, 2.24) is 15.1 Å². The zero-order chi connectivity index (χ0) is 14.2. The van der Waals surface area contributed by atoms with E-state index >= 15 is 0 Å². The molecule has 1 aliphatic rings. The first-order valence-corrected chi connectivity index (χ1v) is 7.36. The summed E-state index contributed by atoms with van der Waals surface area (Å²) >= 11 is 0. The Kier molecular flexibility index (Phi) is 3.52. The summed E-state index contributed by atoms with van der Waals surface area (Å²) in [5.74, 6) is 0. The average molecular weight is 273 g/mol. The van der Waals surface area contributed by atoms with Crippen molar-refractivity contribution >= 4 is 10.9 Å². The second-order valence-corrected chi connectivity index (χ2v) is 6.21. The summed E-state index contributed by atoms with van der Waals surface area (Å²) in [6, 6.07) is 8.43. The van der Waals surface area contributed by atoms with Crippen molar-refractivity contribution in [3.63, 3.8) is 0 Å². The van der Waals surface area contributed by atoms with Crippen LogP contribution >= 0.6 is 0 Å². The third-order valence-electron chi connectivity index (χ3n) is 4.01. The van der Waals surface area contributed by atoms with Crippen LogP contribution in [0.1, 0.15) is 32.4 Å². The molecule has 2 aromatic rings. The fraction of sp³-hybridized carbons (Fsp3) is 0.562. The second kappa shape index (κ2) is 5.19. The molecule has 1 atom stereocenters. The number of ether oxygens (including phenoxy) is 1. The maximum Gasteiger partial charge on any atom is 0.0841 e. The topological polar surface area (TPSA) is 39.1 Å². The van der Waals surface area contributed by atoms with E-state index in [0.717, 1.165) is 31.6 Å². The predicted molar refractivity (Wildman–Crippen MR) is 80.7 cm³/mol. The van der Waals surface area contributed by atoms with E-state index in [4.69, 9.17) is 9.84 Å². The largest absolute Gasteiger partial charge is 0.370 e. The highest BCUT2D eigenvalue weighted by molar-refractivity contribution is 5.81.